The Bertz CT molecular complexity index is 1540. The quantitative estimate of drug-likeness (QED) is 0.217. The van der Waals surface area contributed by atoms with E-state index < -0.39 is 52.0 Å². The Morgan fingerprint density at radius 2 is 1.87 bits per heavy atom. The van der Waals surface area contributed by atoms with Crippen LogP contribution in [-0.4, -0.2) is 63.9 Å². The molecule has 0 radical (unpaired) electrons. The number of Topliss-reactive ketones (excluding diaryl/α,β-unsaturated/α-hetero) is 2. The van der Waals surface area contributed by atoms with Crippen LogP contribution in [0.15, 0.2) is 52.4 Å². The zero-order valence-corrected chi connectivity index (χ0v) is 21.1. The van der Waals surface area contributed by atoms with Gasteiger partial charge in [-0.15, -0.1) is 0 Å². The van der Waals surface area contributed by atoms with Gasteiger partial charge in [-0.3, -0.25) is 14.4 Å². The molecule has 0 saturated heterocycles. The van der Waals surface area contributed by atoms with E-state index in [2.05, 4.69) is 5.16 Å². The van der Waals surface area contributed by atoms with E-state index in [0.717, 1.165) is 0 Å². The van der Waals surface area contributed by atoms with Gasteiger partial charge in [0.15, 0.2) is 11.4 Å². The number of carbonyl (C=O) groups is 3. The van der Waals surface area contributed by atoms with E-state index in [9.17, 15) is 34.8 Å². The smallest absolute Gasteiger partial charge is 0.255 e. The molecule has 39 heavy (non-hydrogen) atoms. The molecule has 2 aromatic carbocycles. The third kappa shape index (κ3) is 3.76. The number of hydrogen-bond acceptors (Lipinski definition) is 10. The van der Waals surface area contributed by atoms with Crippen molar-refractivity contribution in [2.75, 3.05) is 14.2 Å². The number of primary amides is 1. The van der Waals surface area contributed by atoms with Crippen molar-refractivity contribution in [2.24, 2.45) is 22.7 Å². The van der Waals surface area contributed by atoms with Gasteiger partial charge in [-0.2, -0.15) is 0 Å². The Morgan fingerprint density at radius 1 is 1.13 bits per heavy atom. The number of nitrogens with zero attached hydrogens (tertiary/aromatic N) is 1. The van der Waals surface area contributed by atoms with Crippen LogP contribution in [0.5, 0.6) is 11.5 Å². The van der Waals surface area contributed by atoms with E-state index in [1.165, 1.54) is 26.5 Å². The van der Waals surface area contributed by atoms with Crippen molar-refractivity contribution >= 4 is 29.4 Å². The molecule has 0 spiro atoms. The average Bonchev–Trinajstić information content (AvgIpc) is 2.89. The Labute approximate surface area is 222 Å². The number of fused-ring (bicyclic) bond motifs is 3. The molecule has 3 aliphatic carbocycles. The van der Waals surface area contributed by atoms with Crippen LogP contribution in [0, 0.1) is 11.8 Å². The lowest BCUT2D eigenvalue weighted by Gasteiger charge is -2.46. The normalized spacial score (nSPS) is 24.4. The molecule has 11 nitrogen and oxygen atoms in total. The minimum absolute atomic E-state index is 0.0163. The van der Waals surface area contributed by atoms with E-state index in [1.807, 2.05) is 0 Å². The van der Waals surface area contributed by atoms with Gasteiger partial charge in [0.1, 0.15) is 35.7 Å². The van der Waals surface area contributed by atoms with Gasteiger partial charge in [0.05, 0.1) is 18.9 Å². The van der Waals surface area contributed by atoms with Gasteiger partial charge in [-0.25, -0.2) is 0 Å². The molecule has 2 aromatic rings. The first-order valence-corrected chi connectivity index (χ1v) is 12.1. The molecule has 3 aliphatic rings. The summed E-state index contributed by atoms with van der Waals surface area (Å²) >= 11 is 0. The molecule has 1 saturated carbocycles. The summed E-state index contributed by atoms with van der Waals surface area (Å²) in [7, 11) is 2.93. The number of oxime groups is 1. The second-order valence-electron chi connectivity index (χ2n) is 9.77. The highest BCUT2D eigenvalue weighted by Gasteiger charge is 2.60. The highest BCUT2D eigenvalue weighted by atomic mass is 16.6. The van der Waals surface area contributed by atoms with Gasteiger partial charge in [-0.1, -0.05) is 17.3 Å². The van der Waals surface area contributed by atoms with Crippen molar-refractivity contribution in [2.45, 2.75) is 24.9 Å². The number of aliphatic hydroxyl groups is 3. The Kier molecular flexibility index (Phi) is 6.18. The largest absolute Gasteiger partial charge is 0.508 e. The molecule has 0 aliphatic heterocycles. The van der Waals surface area contributed by atoms with E-state index in [0.29, 0.717) is 28.0 Å². The van der Waals surface area contributed by atoms with Crippen LogP contribution in [0.3, 0.4) is 0 Å². The number of benzene rings is 2. The second-order valence-corrected chi connectivity index (χ2v) is 9.77. The van der Waals surface area contributed by atoms with Crippen LogP contribution in [0.4, 0.5) is 0 Å². The van der Waals surface area contributed by atoms with Crippen molar-refractivity contribution < 1.29 is 44.4 Å². The first kappa shape index (κ1) is 26.0. The van der Waals surface area contributed by atoms with Gasteiger partial charge in [0.2, 0.25) is 5.78 Å². The van der Waals surface area contributed by atoms with Crippen molar-refractivity contribution in [1.29, 1.82) is 0 Å². The highest BCUT2D eigenvalue weighted by Crippen LogP contribution is 2.53. The van der Waals surface area contributed by atoms with Gasteiger partial charge in [-0.05, 0) is 53.6 Å². The number of phenols is 1. The summed E-state index contributed by atoms with van der Waals surface area (Å²) in [6.07, 6.45) is 1.33. The van der Waals surface area contributed by atoms with Gasteiger partial charge in [0, 0.05) is 23.5 Å². The molecule has 0 bridgehead atoms. The molecule has 5 rings (SSSR count). The van der Waals surface area contributed by atoms with Gasteiger partial charge < -0.3 is 35.7 Å². The fraction of sp³-hybridized carbons (Fsp3) is 0.286. The number of aliphatic hydroxyl groups excluding tert-OH is 2. The summed E-state index contributed by atoms with van der Waals surface area (Å²) in [6.45, 7) is 0. The third-order valence-electron chi connectivity index (χ3n) is 7.79. The Morgan fingerprint density at radius 3 is 2.54 bits per heavy atom. The lowest BCUT2D eigenvalue weighted by molar-refractivity contribution is -0.147. The lowest BCUT2D eigenvalue weighted by atomic mass is 9.59. The molecule has 6 N–H and O–H groups in total. The first-order chi connectivity index (χ1) is 18.5. The minimum atomic E-state index is -2.60. The van der Waals surface area contributed by atoms with Gasteiger partial charge >= 0.3 is 0 Å². The molecule has 202 valence electrons. The topological polar surface area (TPSA) is 189 Å². The summed E-state index contributed by atoms with van der Waals surface area (Å²) in [5.41, 5.74) is 4.16. The van der Waals surface area contributed by atoms with Crippen molar-refractivity contribution in [3.05, 3.63) is 63.9 Å². The number of carbonyl (C=O) groups excluding carboxylic acids is 3. The van der Waals surface area contributed by atoms with Crippen LogP contribution >= 0.6 is 0 Å². The average molecular weight is 535 g/mol. The number of aromatic hydroxyl groups is 1. The van der Waals surface area contributed by atoms with Crippen LogP contribution < -0.4 is 10.5 Å². The number of nitrogens with two attached hydrogens (primary N) is 1. The molecular weight excluding hydrogens is 508 g/mol. The SMILES string of the molecule is CO/N=C/c1cc(-c2ccc(O)c3c2C[C@H]2C[C@H]4CC(=O)C(C(N)=O)=C(O)[C@@]4(O)C(=O)C2=C3O)ccc1OC. The van der Waals surface area contributed by atoms with E-state index in [4.69, 9.17) is 15.3 Å². The molecular formula is C28H26N2O9. The fourth-order valence-electron chi connectivity index (χ4n) is 6.00. The predicted molar refractivity (Wildman–Crippen MR) is 138 cm³/mol. The lowest BCUT2D eigenvalue weighted by Crippen LogP contribution is -2.58. The van der Waals surface area contributed by atoms with Crippen molar-refractivity contribution in [3.8, 4) is 22.6 Å². The summed E-state index contributed by atoms with van der Waals surface area (Å²) < 4.78 is 5.39. The van der Waals surface area contributed by atoms with Crippen molar-refractivity contribution in [1.82, 2.24) is 0 Å². The molecule has 11 heteroatoms. The zero-order chi connectivity index (χ0) is 28.2. The maximum atomic E-state index is 13.7. The van der Waals surface area contributed by atoms with Crippen LogP contribution in [0.2, 0.25) is 0 Å². The number of ether oxygens (including phenoxy) is 1. The molecule has 0 heterocycles. The molecule has 3 atom stereocenters. The summed E-state index contributed by atoms with van der Waals surface area (Å²) in [5, 5.41) is 47.9. The van der Waals surface area contributed by atoms with Crippen LogP contribution in [0.25, 0.3) is 16.9 Å². The molecule has 0 unspecified atom stereocenters. The molecule has 0 aromatic heterocycles. The zero-order valence-electron chi connectivity index (χ0n) is 21.1. The number of hydrogen-bond donors (Lipinski definition) is 5. The predicted octanol–water partition coefficient (Wildman–Crippen LogP) is 2.08. The van der Waals surface area contributed by atoms with Crippen LogP contribution in [-0.2, 0) is 25.6 Å². The maximum Gasteiger partial charge on any atom is 0.255 e. The number of rotatable bonds is 5. The maximum absolute atomic E-state index is 13.7. The molecule has 1 fully saturated rings. The molecule has 1 amide bonds. The second kappa shape index (κ2) is 9.28. The van der Waals surface area contributed by atoms with Gasteiger partial charge in [0.25, 0.3) is 5.91 Å². The Hall–Kier alpha value is -4.64. The monoisotopic (exact) mass is 534 g/mol. The van der Waals surface area contributed by atoms with E-state index in [1.54, 1.807) is 24.3 Å². The number of ketones is 2. The van der Waals surface area contributed by atoms with Crippen molar-refractivity contribution in [3.63, 3.8) is 0 Å². The standard InChI is InChI=1S/C28H26N2O9/c1-38-20-6-3-12(7-14(20)11-30-39-2)16-4-5-18(31)22-17(16)9-13-8-15-10-19(32)23(27(29)36)26(35)28(15,37)25(34)21(13)24(22)33/h3-7,11,13,15,31,33,35,37H,8-10H2,1-2H3,(H2,29,36)/b30-11+/t13-,15+,28+/m1/s1. The summed E-state index contributed by atoms with van der Waals surface area (Å²) in [4.78, 5) is 42.8. The minimum Gasteiger partial charge on any atom is -0.508 e. The van der Waals surface area contributed by atoms with E-state index >= 15 is 0 Å². The summed E-state index contributed by atoms with van der Waals surface area (Å²) in [5.74, 6) is -6.14. The first-order valence-electron chi connectivity index (χ1n) is 12.1. The number of methoxy groups -OCH3 is 1. The fourth-order valence-corrected chi connectivity index (χ4v) is 6.00. The highest BCUT2D eigenvalue weighted by molar-refractivity contribution is 6.22. The van der Waals surface area contributed by atoms with E-state index in [-0.39, 0.29) is 36.1 Å². The Balaban J connectivity index is 1.68. The summed E-state index contributed by atoms with van der Waals surface area (Å²) in [6, 6.07) is 8.39. The van der Waals surface area contributed by atoms with Crippen LogP contribution in [0.1, 0.15) is 29.5 Å². The number of amides is 1. The third-order valence-corrected chi connectivity index (χ3v) is 7.79. The number of phenolic OH excluding ortho intramolecular Hbond substituents is 1.